The molecule has 5 aromatic heterocycles. The van der Waals surface area contributed by atoms with E-state index in [1.807, 2.05) is 6.92 Å². The maximum Gasteiger partial charge on any atom is 0.260 e. The second kappa shape index (κ2) is 8.67. The maximum absolute atomic E-state index is 14.8. The Morgan fingerprint density at radius 3 is 2.74 bits per heavy atom. The van der Waals surface area contributed by atoms with Gasteiger partial charge in [-0.2, -0.15) is 5.10 Å². The van der Waals surface area contributed by atoms with E-state index in [-0.39, 0.29) is 11.2 Å². The molecule has 0 bridgehead atoms. The third kappa shape index (κ3) is 3.79. The lowest BCUT2D eigenvalue weighted by Crippen LogP contribution is -2.25. The molecule has 174 valence electrons. The standard InChI is InChI=1S/C23H22FN7O3/c1-14(30-5-4-20-18(23(30)32)9-17(11-25-20)34-7-6-33-3)21-27-28-22-19(24)8-15(13-31(21)22)16-10-26-29(2)12-16/h4-5,8-14H,6-7H2,1-3H3. The smallest absolute Gasteiger partial charge is 0.260 e. The highest BCUT2D eigenvalue weighted by Crippen LogP contribution is 2.25. The quantitative estimate of drug-likeness (QED) is 0.342. The van der Waals surface area contributed by atoms with Crippen molar-refractivity contribution in [3.05, 3.63) is 71.2 Å². The van der Waals surface area contributed by atoms with Gasteiger partial charge in [0, 0.05) is 43.9 Å². The number of hydrogen-bond acceptors (Lipinski definition) is 7. The molecule has 0 radical (unpaired) electrons. The molecule has 5 rings (SSSR count). The van der Waals surface area contributed by atoms with Crippen molar-refractivity contribution >= 4 is 16.6 Å². The van der Waals surface area contributed by atoms with E-state index in [0.717, 1.165) is 5.56 Å². The van der Waals surface area contributed by atoms with Crippen molar-refractivity contribution in [1.29, 1.82) is 0 Å². The Labute approximate surface area is 193 Å². The summed E-state index contributed by atoms with van der Waals surface area (Å²) >= 11 is 0. The number of aryl methyl sites for hydroxylation is 1. The van der Waals surface area contributed by atoms with Crippen LogP contribution in [0.15, 0.2) is 54.0 Å². The van der Waals surface area contributed by atoms with Crippen LogP contribution >= 0.6 is 0 Å². The highest BCUT2D eigenvalue weighted by atomic mass is 19.1. The highest BCUT2D eigenvalue weighted by Gasteiger charge is 2.20. The molecular formula is C23H22FN7O3. The molecular weight excluding hydrogens is 441 g/mol. The van der Waals surface area contributed by atoms with Gasteiger partial charge in [0.15, 0.2) is 17.3 Å². The third-order valence-electron chi connectivity index (χ3n) is 5.62. The van der Waals surface area contributed by atoms with Crippen LogP contribution in [-0.2, 0) is 11.8 Å². The van der Waals surface area contributed by atoms with Gasteiger partial charge in [0.05, 0.1) is 35.9 Å². The summed E-state index contributed by atoms with van der Waals surface area (Å²) in [5.41, 5.74) is 1.74. The van der Waals surface area contributed by atoms with Crippen LogP contribution in [0.1, 0.15) is 18.8 Å². The van der Waals surface area contributed by atoms with Crippen molar-refractivity contribution in [3.63, 3.8) is 0 Å². The summed E-state index contributed by atoms with van der Waals surface area (Å²) in [6.07, 6.45) is 8.41. The van der Waals surface area contributed by atoms with Crippen molar-refractivity contribution in [2.24, 2.45) is 7.05 Å². The SMILES string of the molecule is COCCOc1cnc2ccn(C(C)c3nnc4c(F)cc(-c5cnn(C)c5)cn34)c(=O)c2c1. The first-order chi connectivity index (χ1) is 16.5. The summed E-state index contributed by atoms with van der Waals surface area (Å²) < 4.78 is 30.2. The molecule has 0 spiro atoms. The molecule has 0 aliphatic rings. The number of ether oxygens (including phenoxy) is 2. The van der Waals surface area contributed by atoms with Gasteiger partial charge in [-0.25, -0.2) is 4.39 Å². The lowest BCUT2D eigenvalue weighted by molar-refractivity contribution is 0.146. The molecule has 0 fully saturated rings. The summed E-state index contributed by atoms with van der Waals surface area (Å²) in [6.45, 7) is 2.58. The molecule has 0 amide bonds. The predicted molar refractivity (Wildman–Crippen MR) is 122 cm³/mol. The molecule has 0 saturated carbocycles. The molecule has 10 nitrogen and oxygen atoms in total. The van der Waals surface area contributed by atoms with E-state index in [1.54, 1.807) is 66.4 Å². The normalized spacial score (nSPS) is 12.5. The molecule has 0 aromatic carbocycles. The summed E-state index contributed by atoms with van der Waals surface area (Å²) in [7, 11) is 3.38. The van der Waals surface area contributed by atoms with Crippen molar-refractivity contribution in [3.8, 4) is 16.9 Å². The molecule has 5 heterocycles. The van der Waals surface area contributed by atoms with Gasteiger partial charge in [-0.15, -0.1) is 10.2 Å². The number of fused-ring (bicyclic) bond motifs is 2. The Balaban J connectivity index is 1.57. The fourth-order valence-electron chi connectivity index (χ4n) is 3.85. The topological polar surface area (TPSA) is 101 Å². The zero-order chi connectivity index (χ0) is 23.8. The largest absolute Gasteiger partial charge is 0.490 e. The minimum absolute atomic E-state index is 0.0822. The molecule has 5 aromatic rings. The Hall–Kier alpha value is -4.12. The second-order valence-corrected chi connectivity index (χ2v) is 7.88. The molecule has 0 saturated heterocycles. The average Bonchev–Trinajstić information content (AvgIpc) is 3.46. The maximum atomic E-state index is 14.8. The fraction of sp³-hybridized carbons (Fsp3) is 0.261. The molecule has 0 aliphatic heterocycles. The number of aromatic nitrogens is 7. The van der Waals surface area contributed by atoms with E-state index >= 15 is 0 Å². The van der Waals surface area contributed by atoms with E-state index in [1.165, 1.54) is 10.6 Å². The van der Waals surface area contributed by atoms with Gasteiger partial charge in [-0.1, -0.05) is 0 Å². The molecule has 11 heteroatoms. The minimum Gasteiger partial charge on any atom is -0.490 e. The first kappa shape index (κ1) is 21.7. The van der Waals surface area contributed by atoms with Crippen LogP contribution in [0.4, 0.5) is 4.39 Å². The Bertz CT molecular complexity index is 1560. The van der Waals surface area contributed by atoms with Gasteiger partial charge in [0.1, 0.15) is 12.4 Å². The lowest BCUT2D eigenvalue weighted by atomic mass is 10.1. The Morgan fingerprint density at radius 1 is 1.12 bits per heavy atom. The van der Waals surface area contributed by atoms with Gasteiger partial charge >= 0.3 is 0 Å². The average molecular weight is 463 g/mol. The van der Waals surface area contributed by atoms with E-state index < -0.39 is 11.9 Å². The Morgan fingerprint density at radius 2 is 1.97 bits per heavy atom. The van der Waals surface area contributed by atoms with Crippen molar-refractivity contribution in [1.82, 2.24) is 33.9 Å². The third-order valence-corrected chi connectivity index (χ3v) is 5.62. The molecule has 0 N–H and O–H groups in total. The molecule has 0 aliphatic carbocycles. The summed E-state index contributed by atoms with van der Waals surface area (Å²) in [6, 6.07) is 4.27. The van der Waals surface area contributed by atoms with Crippen LogP contribution in [-0.4, -0.2) is 54.3 Å². The van der Waals surface area contributed by atoms with Crippen LogP contribution in [0, 0.1) is 5.82 Å². The molecule has 1 atom stereocenters. The molecule has 1 unspecified atom stereocenters. The molecule has 34 heavy (non-hydrogen) atoms. The minimum atomic E-state index is -0.534. The van der Waals surface area contributed by atoms with Gasteiger partial charge in [0.2, 0.25) is 0 Å². The second-order valence-electron chi connectivity index (χ2n) is 7.88. The fourth-order valence-corrected chi connectivity index (χ4v) is 3.85. The summed E-state index contributed by atoms with van der Waals surface area (Å²) in [4.78, 5) is 17.7. The number of halogens is 1. The zero-order valence-corrected chi connectivity index (χ0v) is 18.8. The van der Waals surface area contributed by atoms with Crippen molar-refractivity contribution in [2.45, 2.75) is 13.0 Å². The number of methoxy groups -OCH3 is 1. The van der Waals surface area contributed by atoms with Crippen LogP contribution in [0.5, 0.6) is 5.75 Å². The van der Waals surface area contributed by atoms with E-state index in [2.05, 4.69) is 20.3 Å². The number of pyridine rings is 3. The van der Waals surface area contributed by atoms with Crippen LogP contribution < -0.4 is 10.3 Å². The lowest BCUT2D eigenvalue weighted by Gasteiger charge is -2.15. The van der Waals surface area contributed by atoms with Crippen molar-refractivity contribution in [2.75, 3.05) is 20.3 Å². The van der Waals surface area contributed by atoms with Crippen LogP contribution in [0.25, 0.3) is 27.7 Å². The van der Waals surface area contributed by atoms with Gasteiger partial charge in [-0.3, -0.25) is 18.9 Å². The van der Waals surface area contributed by atoms with E-state index in [4.69, 9.17) is 9.47 Å². The number of hydrogen-bond donors (Lipinski definition) is 0. The van der Waals surface area contributed by atoms with Crippen LogP contribution in [0.3, 0.4) is 0 Å². The van der Waals surface area contributed by atoms with Gasteiger partial charge in [-0.05, 0) is 25.1 Å². The van der Waals surface area contributed by atoms with Crippen LogP contribution in [0.2, 0.25) is 0 Å². The number of rotatable bonds is 7. The monoisotopic (exact) mass is 463 g/mol. The first-order valence-corrected chi connectivity index (χ1v) is 10.6. The van der Waals surface area contributed by atoms with E-state index in [0.29, 0.717) is 41.3 Å². The van der Waals surface area contributed by atoms with Gasteiger partial charge in [0.25, 0.3) is 5.56 Å². The summed E-state index contributed by atoms with van der Waals surface area (Å²) in [5, 5.41) is 12.8. The van der Waals surface area contributed by atoms with E-state index in [9.17, 15) is 9.18 Å². The Kier molecular flexibility index (Phi) is 5.54. The van der Waals surface area contributed by atoms with Gasteiger partial charge < -0.3 is 14.0 Å². The highest BCUT2D eigenvalue weighted by molar-refractivity contribution is 5.78. The predicted octanol–water partition coefficient (Wildman–Crippen LogP) is 2.61. The summed E-state index contributed by atoms with van der Waals surface area (Å²) in [5.74, 6) is 0.380. The number of nitrogens with zero attached hydrogens (tertiary/aromatic N) is 7. The first-order valence-electron chi connectivity index (χ1n) is 10.6. The zero-order valence-electron chi connectivity index (χ0n) is 18.8. The van der Waals surface area contributed by atoms with Crippen molar-refractivity contribution < 1.29 is 13.9 Å².